The monoisotopic (exact) mass is 189 g/mol. The van der Waals surface area contributed by atoms with Gasteiger partial charge in [0.15, 0.2) is 0 Å². The highest BCUT2D eigenvalue weighted by Gasteiger charge is 2.33. The molecule has 1 aliphatic rings. The van der Waals surface area contributed by atoms with Crippen LogP contribution in [0.5, 0.6) is 0 Å². The second-order valence-electron chi connectivity index (χ2n) is 4.43. The summed E-state index contributed by atoms with van der Waals surface area (Å²) >= 11 is 0. The van der Waals surface area contributed by atoms with E-state index in [1.165, 1.54) is 5.56 Å². The molecule has 1 amide bonds. The minimum absolute atomic E-state index is 0.110. The molecular weight excluding hydrogens is 174 g/mol. The predicted molar refractivity (Wildman–Crippen MR) is 55.9 cm³/mol. The number of hydrogen-bond acceptors (Lipinski definition) is 1. The van der Waals surface area contributed by atoms with Gasteiger partial charge >= 0.3 is 0 Å². The fourth-order valence-corrected chi connectivity index (χ4v) is 2.04. The lowest BCUT2D eigenvalue weighted by Gasteiger charge is -2.20. The largest absolute Gasteiger partial charge is 0.356 e. The zero-order valence-corrected chi connectivity index (χ0v) is 8.42. The number of carbonyl (C=O) groups is 1. The zero-order chi connectivity index (χ0) is 10.0. The fraction of sp³-hybridized carbons (Fsp3) is 0.417. The van der Waals surface area contributed by atoms with Crippen molar-refractivity contribution in [3.63, 3.8) is 0 Å². The summed E-state index contributed by atoms with van der Waals surface area (Å²) in [5, 5.41) is 2.89. The molecule has 0 aromatic heterocycles. The third-order valence-electron chi connectivity index (χ3n) is 2.77. The molecule has 0 bridgehead atoms. The highest BCUT2D eigenvalue weighted by Crippen LogP contribution is 2.29. The van der Waals surface area contributed by atoms with Gasteiger partial charge in [-0.2, -0.15) is 0 Å². The second-order valence-corrected chi connectivity index (χ2v) is 4.43. The van der Waals surface area contributed by atoms with Crippen molar-refractivity contribution in [1.82, 2.24) is 5.32 Å². The average Bonchev–Trinajstić information content (AvgIpc) is 2.47. The van der Waals surface area contributed by atoms with E-state index in [9.17, 15) is 4.79 Å². The number of hydrogen-bond donors (Lipinski definition) is 1. The SMILES string of the molecule is CC1(Cc2ccccc2)CNC(=O)C1. The minimum atomic E-state index is 0.110. The quantitative estimate of drug-likeness (QED) is 0.754. The molecule has 2 rings (SSSR count). The van der Waals surface area contributed by atoms with Crippen molar-refractivity contribution in [2.24, 2.45) is 5.41 Å². The summed E-state index contributed by atoms with van der Waals surface area (Å²) < 4.78 is 0. The molecule has 1 heterocycles. The number of benzene rings is 1. The summed E-state index contributed by atoms with van der Waals surface area (Å²) in [7, 11) is 0. The Labute approximate surface area is 84.3 Å². The lowest BCUT2D eigenvalue weighted by Crippen LogP contribution is -2.22. The first-order valence-corrected chi connectivity index (χ1v) is 4.99. The van der Waals surface area contributed by atoms with Crippen molar-refractivity contribution in [1.29, 1.82) is 0 Å². The maximum absolute atomic E-state index is 11.1. The molecule has 2 heteroatoms. The van der Waals surface area contributed by atoms with Gasteiger partial charge in [0.2, 0.25) is 5.91 Å². The summed E-state index contributed by atoms with van der Waals surface area (Å²) in [5.74, 6) is 0.184. The maximum Gasteiger partial charge on any atom is 0.220 e. The molecule has 2 nitrogen and oxygen atoms in total. The van der Waals surface area contributed by atoms with Crippen LogP contribution in [0.4, 0.5) is 0 Å². The van der Waals surface area contributed by atoms with E-state index in [-0.39, 0.29) is 11.3 Å². The molecule has 1 aromatic rings. The Balaban J connectivity index is 2.08. The molecule has 1 N–H and O–H groups in total. The molecule has 1 aliphatic heterocycles. The molecule has 1 saturated heterocycles. The summed E-state index contributed by atoms with van der Waals surface area (Å²) in [6.45, 7) is 2.97. The predicted octanol–water partition coefficient (Wildman–Crippen LogP) is 1.76. The second kappa shape index (κ2) is 3.45. The topological polar surface area (TPSA) is 29.1 Å². The Morgan fingerprint density at radius 1 is 1.36 bits per heavy atom. The Hall–Kier alpha value is -1.31. The van der Waals surface area contributed by atoms with Crippen LogP contribution < -0.4 is 5.32 Å². The van der Waals surface area contributed by atoms with Crippen molar-refractivity contribution >= 4 is 5.91 Å². The van der Waals surface area contributed by atoms with Gasteiger partial charge in [-0.1, -0.05) is 37.3 Å². The van der Waals surface area contributed by atoms with Crippen LogP contribution in [0.1, 0.15) is 18.9 Å². The molecule has 0 spiro atoms. The van der Waals surface area contributed by atoms with E-state index >= 15 is 0 Å². The van der Waals surface area contributed by atoms with E-state index in [1.54, 1.807) is 0 Å². The number of amides is 1. The summed E-state index contributed by atoms with van der Waals surface area (Å²) in [4.78, 5) is 11.1. The Morgan fingerprint density at radius 2 is 2.07 bits per heavy atom. The van der Waals surface area contributed by atoms with Crippen LogP contribution in [0.3, 0.4) is 0 Å². The molecule has 1 fully saturated rings. The highest BCUT2D eigenvalue weighted by molar-refractivity contribution is 5.79. The Bertz CT molecular complexity index is 333. The zero-order valence-electron chi connectivity index (χ0n) is 8.42. The first-order chi connectivity index (χ1) is 6.68. The van der Waals surface area contributed by atoms with Gasteiger partial charge in [-0.25, -0.2) is 0 Å². The molecule has 14 heavy (non-hydrogen) atoms. The molecule has 0 aliphatic carbocycles. The number of carbonyl (C=O) groups excluding carboxylic acids is 1. The summed E-state index contributed by atoms with van der Waals surface area (Å²) in [6.07, 6.45) is 1.63. The molecule has 1 atom stereocenters. The van der Waals surface area contributed by atoms with E-state index in [0.29, 0.717) is 6.42 Å². The van der Waals surface area contributed by atoms with Gasteiger partial charge in [0, 0.05) is 13.0 Å². The van der Waals surface area contributed by atoms with Gasteiger partial charge in [0.25, 0.3) is 0 Å². The molecule has 0 radical (unpaired) electrons. The third-order valence-corrected chi connectivity index (χ3v) is 2.77. The van der Waals surface area contributed by atoms with Crippen LogP contribution in [-0.2, 0) is 11.2 Å². The van der Waals surface area contributed by atoms with Gasteiger partial charge in [-0.15, -0.1) is 0 Å². The minimum Gasteiger partial charge on any atom is -0.356 e. The number of rotatable bonds is 2. The normalized spacial score (nSPS) is 26.2. The van der Waals surface area contributed by atoms with Crippen molar-refractivity contribution in [2.45, 2.75) is 19.8 Å². The van der Waals surface area contributed by atoms with E-state index in [4.69, 9.17) is 0 Å². The first kappa shape index (κ1) is 9.25. The summed E-state index contributed by atoms with van der Waals surface area (Å²) in [5.41, 5.74) is 1.42. The van der Waals surface area contributed by atoms with Crippen molar-refractivity contribution in [3.8, 4) is 0 Å². The third kappa shape index (κ3) is 1.95. The average molecular weight is 189 g/mol. The lowest BCUT2D eigenvalue weighted by molar-refractivity contribution is -0.119. The smallest absolute Gasteiger partial charge is 0.220 e. The van der Waals surface area contributed by atoms with Gasteiger partial charge in [0.05, 0.1) is 0 Å². The van der Waals surface area contributed by atoms with Crippen LogP contribution in [0.15, 0.2) is 30.3 Å². The van der Waals surface area contributed by atoms with Crippen molar-refractivity contribution in [3.05, 3.63) is 35.9 Å². The van der Waals surface area contributed by atoms with Crippen molar-refractivity contribution < 1.29 is 4.79 Å². The molecule has 1 unspecified atom stereocenters. The Morgan fingerprint density at radius 3 is 2.64 bits per heavy atom. The molecule has 1 aromatic carbocycles. The molecular formula is C12H15NO. The summed E-state index contributed by atoms with van der Waals surface area (Å²) in [6, 6.07) is 10.3. The van der Waals surface area contributed by atoms with Crippen molar-refractivity contribution in [2.75, 3.05) is 6.54 Å². The van der Waals surface area contributed by atoms with E-state index < -0.39 is 0 Å². The van der Waals surface area contributed by atoms with Crippen LogP contribution in [0.25, 0.3) is 0 Å². The van der Waals surface area contributed by atoms with E-state index in [2.05, 4.69) is 24.4 Å². The van der Waals surface area contributed by atoms with Crippen LogP contribution in [0, 0.1) is 5.41 Å². The van der Waals surface area contributed by atoms with Crippen LogP contribution in [0.2, 0.25) is 0 Å². The van der Waals surface area contributed by atoms with E-state index in [1.807, 2.05) is 18.2 Å². The number of nitrogens with one attached hydrogen (secondary N) is 1. The lowest BCUT2D eigenvalue weighted by atomic mass is 9.83. The van der Waals surface area contributed by atoms with Gasteiger partial charge < -0.3 is 5.32 Å². The van der Waals surface area contributed by atoms with Gasteiger partial charge in [0.1, 0.15) is 0 Å². The fourth-order valence-electron chi connectivity index (χ4n) is 2.04. The van der Waals surface area contributed by atoms with Crippen LogP contribution >= 0.6 is 0 Å². The first-order valence-electron chi connectivity index (χ1n) is 4.99. The Kier molecular flexibility index (Phi) is 2.28. The van der Waals surface area contributed by atoms with Gasteiger partial charge in [-0.05, 0) is 17.4 Å². The van der Waals surface area contributed by atoms with Crippen LogP contribution in [-0.4, -0.2) is 12.5 Å². The van der Waals surface area contributed by atoms with Gasteiger partial charge in [-0.3, -0.25) is 4.79 Å². The molecule has 74 valence electrons. The van der Waals surface area contributed by atoms with E-state index in [0.717, 1.165) is 13.0 Å². The standard InChI is InChI=1S/C12H15NO/c1-12(8-11(14)13-9-12)7-10-5-3-2-4-6-10/h2-6H,7-9H2,1H3,(H,13,14). The highest BCUT2D eigenvalue weighted by atomic mass is 16.1. The maximum atomic E-state index is 11.1. The molecule has 0 saturated carbocycles.